The van der Waals surface area contributed by atoms with Crippen LogP contribution in [0.4, 0.5) is 5.69 Å². The summed E-state index contributed by atoms with van der Waals surface area (Å²) in [5, 5.41) is 11.1. The molecule has 1 aromatic heterocycles. The van der Waals surface area contributed by atoms with E-state index in [1.807, 2.05) is 37.3 Å². The molecule has 0 radical (unpaired) electrons. The first-order chi connectivity index (χ1) is 24.2. The topological polar surface area (TPSA) is 255 Å². The van der Waals surface area contributed by atoms with Gasteiger partial charge in [-0.05, 0) is 24.1 Å². The molecule has 2 saturated heterocycles. The van der Waals surface area contributed by atoms with Crippen molar-refractivity contribution >= 4 is 28.9 Å². The Labute approximate surface area is 290 Å². The Hall–Kier alpha value is -3.15. The fourth-order valence-corrected chi connectivity index (χ4v) is 9.48. The van der Waals surface area contributed by atoms with Crippen LogP contribution in [-0.2, 0) is 47.7 Å². The van der Waals surface area contributed by atoms with Crippen LogP contribution >= 0.6 is 23.2 Å². The van der Waals surface area contributed by atoms with Crippen LogP contribution in [0.5, 0.6) is 5.88 Å². The van der Waals surface area contributed by atoms with Gasteiger partial charge in [-0.1, -0.05) is 56.5 Å². The van der Waals surface area contributed by atoms with Gasteiger partial charge in [-0.15, -0.1) is 0 Å². The van der Waals surface area contributed by atoms with Gasteiger partial charge in [0.05, 0.1) is 17.7 Å². The number of benzene rings is 2. The van der Waals surface area contributed by atoms with E-state index >= 15 is 0 Å². The highest BCUT2D eigenvalue weighted by Crippen LogP contribution is 2.67. The fourth-order valence-electron chi connectivity index (χ4n) is 5.28. The molecule has 0 bridgehead atoms. The zero-order chi connectivity index (χ0) is 36.8. The van der Waals surface area contributed by atoms with E-state index in [0.717, 1.165) is 23.0 Å². The molecule has 8 atom stereocenters. The van der Waals surface area contributed by atoms with E-state index in [-0.39, 0.29) is 24.6 Å². The molecule has 5 rings (SSSR count). The molecule has 51 heavy (non-hydrogen) atoms. The molecule has 0 saturated carbocycles. The highest BCUT2D eigenvalue weighted by molar-refractivity contribution is 7.68. The van der Waals surface area contributed by atoms with Crippen LogP contribution in [0.25, 0.3) is 0 Å². The van der Waals surface area contributed by atoms with Crippen molar-refractivity contribution in [3.05, 3.63) is 98.6 Å². The number of fused-ring (bicyclic) bond motifs is 1. The molecule has 22 heteroatoms. The first-order valence-corrected chi connectivity index (χ1v) is 20.4. The van der Waals surface area contributed by atoms with Gasteiger partial charge in [-0.2, -0.15) is 9.29 Å². The third-order valence-electron chi connectivity index (χ3n) is 7.66. The normalized spacial score (nSPS) is 25.0. The van der Waals surface area contributed by atoms with E-state index in [4.69, 9.17) is 23.5 Å². The Bertz CT molecular complexity index is 1860. The van der Waals surface area contributed by atoms with E-state index in [2.05, 4.69) is 13.6 Å². The second-order valence-electron chi connectivity index (χ2n) is 11.5. The van der Waals surface area contributed by atoms with Crippen LogP contribution in [0, 0.1) is 10.1 Å². The smallest absolute Gasteiger partial charge is 0.473 e. The number of non-ortho nitro benzene ring substituents is 1. The molecule has 0 amide bonds. The fraction of sp³-hybridized carbons (Fsp3) is 0.448. The molecule has 3 heterocycles. The predicted molar refractivity (Wildman–Crippen MR) is 175 cm³/mol. The SMILES string of the molecule is CCCCCCP(=O)(O)OP(=O)(O)OP(=O)(O)OC[C@H]1O[C@@H](n2ccc(OCc3ccccc3)nc2=O)C2OC(c3ccc([N+](=O)[O-])cc3)O[C@H]21. The van der Waals surface area contributed by atoms with Gasteiger partial charge in [0.15, 0.2) is 12.5 Å². The minimum atomic E-state index is -5.59. The van der Waals surface area contributed by atoms with E-state index < -0.39 is 77.5 Å². The summed E-state index contributed by atoms with van der Waals surface area (Å²) in [7, 11) is -15.7. The molecule has 19 nitrogen and oxygen atoms in total. The third-order valence-corrected chi connectivity index (χ3v) is 12.5. The minimum Gasteiger partial charge on any atom is -0.473 e. The first kappa shape index (κ1) is 39.1. The quantitative estimate of drug-likeness (QED) is 0.0655. The molecule has 2 aromatic carbocycles. The number of phosphoric acid groups is 2. The van der Waals surface area contributed by atoms with E-state index in [1.165, 1.54) is 36.5 Å². The summed E-state index contributed by atoms with van der Waals surface area (Å²) in [6.07, 6.45) is -2.67. The molecule has 2 aliphatic heterocycles. The Kier molecular flexibility index (Phi) is 12.8. The first-order valence-electron chi connectivity index (χ1n) is 15.7. The zero-order valence-corrected chi connectivity index (χ0v) is 29.7. The van der Waals surface area contributed by atoms with Crippen molar-refractivity contribution in [2.75, 3.05) is 12.8 Å². The van der Waals surface area contributed by atoms with Gasteiger partial charge in [-0.3, -0.25) is 23.8 Å². The van der Waals surface area contributed by atoms with Crippen LogP contribution in [0.15, 0.2) is 71.7 Å². The van der Waals surface area contributed by atoms with Gasteiger partial charge in [0.25, 0.3) is 5.69 Å². The second kappa shape index (κ2) is 16.7. The Morgan fingerprint density at radius 2 is 1.61 bits per heavy atom. The van der Waals surface area contributed by atoms with Gasteiger partial charge in [-0.25, -0.2) is 18.2 Å². The van der Waals surface area contributed by atoms with Gasteiger partial charge in [0.1, 0.15) is 24.9 Å². The zero-order valence-electron chi connectivity index (χ0n) is 27.0. The molecule has 3 aromatic rings. The van der Waals surface area contributed by atoms with Crippen molar-refractivity contribution in [3.8, 4) is 5.88 Å². The van der Waals surface area contributed by atoms with Gasteiger partial charge >= 0.3 is 28.9 Å². The monoisotopic (exact) mass is 775 g/mol. The lowest BCUT2D eigenvalue weighted by atomic mass is 10.1. The second-order valence-corrected chi connectivity index (χ2v) is 16.7. The average molecular weight is 776 g/mol. The van der Waals surface area contributed by atoms with E-state index in [9.17, 15) is 43.3 Å². The molecule has 2 aliphatic rings. The number of rotatable bonds is 18. The van der Waals surface area contributed by atoms with Crippen molar-refractivity contribution in [2.45, 2.75) is 70.0 Å². The number of unbranched alkanes of at least 4 members (excludes halogenated alkanes) is 3. The number of hydrogen-bond acceptors (Lipinski definition) is 14. The summed E-state index contributed by atoms with van der Waals surface area (Å²) in [6, 6.07) is 15.8. The van der Waals surface area contributed by atoms with Gasteiger partial charge in [0, 0.05) is 30.0 Å². The molecular formula is C29H36N3O16P3. The average Bonchev–Trinajstić information content (AvgIpc) is 3.65. The Morgan fingerprint density at radius 1 is 0.902 bits per heavy atom. The van der Waals surface area contributed by atoms with E-state index in [0.29, 0.717) is 12.0 Å². The third kappa shape index (κ3) is 10.7. The Morgan fingerprint density at radius 3 is 2.27 bits per heavy atom. The van der Waals surface area contributed by atoms with Crippen molar-refractivity contribution in [1.29, 1.82) is 0 Å². The summed E-state index contributed by atoms with van der Waals surface area (Å²) in [5.41, 5.74) is 0.200. The number of phosphoric ester groups is 1. The molecule has 5 unspecified atom stereocenters. The molecule has 3 N–H and O–H groups in total. The summed E-state index contributed by atoms with van der Waals surface area (Å²) in [6.45, 7) is 1.22. The van der Waals surface area contributed by atoms with Crippen molar-refractivity contribution in [2.24, 2.45) is 0 Å². The number of aromatic nitrogens is 2. The standard InChI is InChI=1S/C29H36N3O16P3/c1-2-3-4-8-17-49(36,37)47-51(40,41)48-50(38,39)43-19-23-25-26(46-28(45-25)21-11-13-22(14-12-21)32(34)35)27(44-23)31-16-15-24(30-29(31)33)42-18-20-9-6-5-7-10-20/h5-7,9-16,23,25-28H,2-4,8,17-19H2,1H3,(H,36,37)(H,38,39)(H,40,41)/t23-,25+,26?,27-,28?/m1/s1. The maximum absolute atomic E-state index is 13.2. The number of nitro benzene ring substituents is 1. The van der Waals surface area contributed by atoms with Gasteiger partial charge in [0.2, 0.25) is 5.88 Å². The summed E-state index contributed by atoms with van der Waals surface area (Å²) < 4.78 is 75.6. The maximum Gasteiger partial charge on any atom is 0.488 e. The van der Waals surface area contributed by atoms with Crippen molar-refractivity contribution in [1.82, 2.24) is 9.55 Å². The van der Waals surface area contributed by atoms with E-state index in [1.54, 1.807) is 0 Å². The number of hydrogen-bond donors (Lipinski definition) is 3. The summed E-state index contributed by atoms with van der Waals surface area (Å²) >= 11 is 0. The number of nitrogens with zero attached hydrogens (tertiary/aromatic N) is 3. The number of nitro groups is 1. The van der Waals surface area contributed by atoms with Crippen LogP contribution in [0.1, 0.15) is 56.3 Å². The predicted octanol–water partition coefficient (Wildman–Crippen LogP) is 5.13. The summed E-state index contributed by atoms with van der Waals surface area (Å²) in [5.74, 6) is 0.0179. The molecule has 278 valence electrons. The molecular weight excluding hydrogens is 739 g/mol. The molecule has 2 fully saturated rings. The lowest BCUT2D eigenvalue weighted by Gasteiger charge is -2.22. The van der Waals surface area contributed by atoms with Crippen LogP contribution < -0.4 is 10.4 Å². The molecule has 0 aliphatic carbocycles. The highest BCUT2D eigenvalue weighted by Gasteiger charge is 2.55. The Balaban J connectivity index is 1.30. The largest absolute Gasteiger partial charge is 0.488 e. The maximum atomic E-state index is 13.2. The summed E-state index contributed by atoms with van der Waals surface area (Å²) in [4.78, 5) is 57.8. The van der Waals surface area contributed by atoms with Crippen LogP contribution in [0.2, 0.25) is 0 Å². The van der Waals surface area contributed by atoms with Crippen molar-refractivity contribution < 1.29 is 65.4 Å². The molecule has 0 spiro atoms. The lowest BCUT2D eigenvalue weighted by Crippen LogP contribution is -2.34. The van der Waals surface area contributed by atoms with Gasteiger partial charge < -0.3 is 33.6 Å². The lowest BCUT2D eigenvalue weighted by molar-refractivity contribution is -0.384. The van der Waals surface area contributed by atoms with Crippen LogP contribution in [0.3, 0.4) is 0 Å². The highest BCUT2D eigenvalue weighted by atomic mass is 31.3. The van der Waals surface area contributed by atoms with Crippen molar-refractivity contribution in [3.63, 3.8) is 0 Å². The van der Waals surface area contributed by atoms with Crippen LogP contribution in [-0.4, -0.2) is 60.2 Å². The minimum absolute atomic E-state index is 0.0179. The number of ether oxygens (including phenoxy) is 4.